The molecule has 0 atom stereocenters. The fourth-order valence-corrected chi connectivity index (χ4v) is 1.33. The highest BCUT2D eigenvalue weighted by atomic mass is 35.5. The Morgan fingerprint density at radius 2 is 2.00 bits per heavy atom. The lowest BCUT2D eigenvalue weighted by molar-refractivity contribution is -0.170. The summed E-state index contributed by atoms with van der Waals surface area (Å²) in [6, 6.07) is -0.267. The van der Waals surface area contributed by atoms with Gasteiger partial charge < -0.3 is 19.5 Å². The Morgan fingerprint density at radius 1 is 1.41 bits per heavy atom. The number of amides is 1. The van der Waals surface area contributed by atoms with Gasteiger partial charge in [-0.15, -0.1) is 0 Å². The smallest absolute Gasteiger partial charge is 0.408 e. The molecule has 98 valence electrons. The Kier molecular flexibility index (Phi) is 4.21. The van der Waals surface area contributed by atoms with Crippen molar-refractivity contribution in [3.05, 3.63) is 0 Å². The third-order valence-corrected chi connectivity index (χ3v) is 2.12. The Morgan fingerprint density at radius 3 is 2.35 bits per heavy atom. The maximum atomic E-state index is 11.6. The Balaban J connectivity index is 2.58. The number of halogens is 1. The molecule has 0 spiro atoms. The van der Waals surface area contributed by atoms with Crippen molar-refractivity contribution in [2.45, 2.75) is 31.9 Å². The molecule has 0 saturated carbocycles. The highest BCUT2D eigenvalue weighted by Crippen LogP contribution is 2.20. The zero-order valence-electron chi connectivity index (χ0n) is 10.0. The van der Waals surface area contributed by atoms with Gasteiger partial charge in [0.2, 0.25) is 0 Å². The zero-order valence-corrected chi connectivity index (χ0v) is 10.8. The summed E-state index contributed by atoms with van der Waals surface area (Å²) in [7, 11) is 0. The minimum atomic E-state index is -1.17. The standard InChI is InChI=1S/C10H16ClNO5/c1-9(2,3)17-8(14)12-10(4-15-5-10)7(13)16-6-11/h4-6H2,1-3H3,(H,12,14). The van der Waals surface area contributed by atoms with Crippen molar-refractivity contribution >= 4 is 23.7 Å². The highest BCUT2D eigenvalue weighted by Gasteiger charge is 2.49. The summed E-state index contributed by atoms with van der Waals surface area (Å²) >= 11 is 5.30. The van der Waals surface area contributed by atoms with E-state index in [9.17, 15) is 9.59 Å². The van der Waals surface area contributed by atoms with Gasteiger partial charge in [0.15, 0.2) is 11.6 Å². The monoisotopic (exact) mass is 265 g/mol. The van der Waals surface area contributed by atoms with Gasteiger partial charge >= 0.3 is 12.1 Å². The molecule has 1 heterocycles. The van der Waals surface area contributed by atoms with E-state index in [4.69, 9.17) is 21.1 Å². The van der Waals surface area contributed by atoms with Crippen LogP contribution in [0.3, 0.4) is 0 Å². The van der Waals surface area contributed by atoms with Crippen LogP contribution in [-0.2, 0) is 19.0 Å². The third-order valence-electron chi connectivity index (χ3n) is 2.01. The average molecular weight is 266 g/mol. The van der Waals surface area contributed by atoms with Crippen LogP contribution in [0.25, 0.3) is 0 Å². The number of carbonyl (C=O) groups is 2. The summed E-state index contributed by atoms with van der Waals surface area (Å²) in [5.74, 6) is -0.621. The van der Waals surface area contributed by atoms with Gasteiger partial charge in [-0.2, -0.15) is 0 Å². The summed E-state index contributed by atoms with van der Waals surface area (Å²) in [6.07, 6.45) is -0.688. The van der Waals surface area contributed by atoms with Crippen molar-refractivity contribution in [1.82, 2.24) is 5.32 Å². The van der Waals surface area contributed by atoms with Gasteiger partial charge in [-0.3, -0.25) is 0 Å². The summed E-state index contributed by atoms with van der Waals surface area (Å²) in [5, 5.41) is 2.45. The van der Waals surface area contributed by atoms with Crippen LogP contribution in [0.2, 0.25) is 0 Å². The SMILES string of the molecule is CC(C)(C)OC(=O)NC1(C(=O)OCCl)COC1. The normalized spacial score (nSPS) is 17.9. The number of hydrogen-bond donors (Lipinski definition) is 1. The van der Waals surface area contributed by atoms with Gasteiger partial charge in [0, 0.05) is 0 Å². The first-order valence-corrected chi connectivity index (χ1v) is 5.65. The molecular formula is C10H16ClNO5. The molecule has 0 aromatic heterocycles. The Hall–Kier alpha value is -1.01. The molecule has 0 radical (unpaired) electrons. The maximum Gasteiger partial charge on any atom is 0.408 e. The second kappa shape index (κ2) is 5.10. The maximum absolute atomic E-state index is 11.6. The summed E-state index contributed by atoms with van der Waals surface area (Å²) in [4.78, 5) is 23.1. The fraction of sp³-hybridized carbons (Fsp3) is 0.800. The van der Waals surface area contributed by atoms with Crippen LogP contribution in [0.4, 0.5) is 4.79 Å². The van der Waals surface area contributed by atoms with E-state index in [0.717, 1.165) is 0 Å². The van der Waals surface area contributed by atoms with Crippen molar-refractivity contribution in [2.24, 2.45) is 0 Å². The van der Waals surface area contributed by atoms with Crippen LogP contribution in [0.5, 0.6) is 0 Å². The molecule has 0 unspecified atom stereocenters. The molecule has 17 heavy (non-hydrogen) atoms. The number of alkyl halides is 1. The topological polar surface area (TPSA) is 73.9 Å². The number of rotatable bonds is 3. The predicted octanol–water partition coefficient (Wildman–Crippen LogP) is 1.02. The molecule has 1 N–H and O–H groups in total. The van der Waals surface area contributed by atoms with Crippen molar-refractivity contribution in [2.75, 3.05) is 19.3 Å². The molecule has 1 aliphatic rings. The molecule has 1 fully saturated rings. The number of esters is 1. The van der Waals surface area contributed by atoms with Gasteiger partial charge in [0.05, 0.1) is 13.2 Å². The van der Waals surface area contributed by atoms with E-state index < -0.39 is 23.2 Å². The lowest BCUT2D eigenvalue weighted by Crippen LogP contribution is -2.68. The lowest BCUT2D eigenvalue weighted by atomic mass is 9.98. The number of nitrogens with one attached hydrogen (secondary N) is 1. The third kappa shape index (κ3) is 3.74. The average Bonchev–Trinajstić information content (AvgIpc) is 2.08. The molecule has 0 bridgehead atoms. The lowest BCUT2D eigenvalue weighted by Gasteiger charge is -2.39. The minimum absolute atomic E-state index is 0.0575. The fourth-order valence-electron chi connectivity index (χ4n) is 1.23. The van der Waals surface area contributed by atoms with Crippen molar-refractivity contribution in [1.29, 1.82) is 0 Å². The van der Waals surface area contributed by atoms with E-state index in [1.807, 2.05) is 0 Å². The highest BCUT2D eigenvalue weighted by molar-refractivity contribution is 6.17. The number of carbonyl (C=O) groups excluding carboxylic acids is 2. The molecule has 7 heteroatoms. The molecule has 6 nitrogen and oxygen atoms in total. The van der Waals surface area contributed by atoms with Crippen LogP contribution in [0.1, 0.15) is 20.8 Å². The number of hydrogen-bond acceptors (Lipinski definition) is 5. The molecule has 0 aromatic carbocycles. The van der Waals surface area contributed by atoms with E-state index in [0.29, 0.717) is 0 Å². The van der Waals surface area contributed by atoms with Crippen LogP contribution in [0.15, 0.2) is 0 Å². The number of ether oxygens (including phenoxy) is 3. The molecule has 1 aliphatic heterocycles. The summed E-state index contributed by atoms with van der Waals surface area (Å²) in [6.45, 7) is 5.30. The summed E-state index contributed by atoms with van der Waals surface area (Å²) in [5.41, 5.74) is -1.80. The molecular weight excluding hydrogens is 250 g/mol. The first-order chi connectivity index (χ1) is 7.79. The second-order valence-corrected chi connectivity index (χ2v) is 4.96. The minimum Gasteiger partial charge on any atom is -0.447 e. The van der Waals surface area contributed by atoms with Crippen molar-refractivity contribution in [3.8, 4) is 0 Å². The summed E-state index contributed by atoms with van der Waals surface area (Å²) < 4.78 is 14.6. The quantitative estimate of drug-likeness (QED) is 0.609. The molecule has 1 saturated heterocycles. The van der Waals surface area contributed by atoms with Gasteiger partial charge in [0.25, 0.3) is 0 Å². The van der Waals surface area contributed by atoms with Crippen LogP contribution >= 0.6 is 11.6 Å². The Bertz CT molecular complexity index is 308. The van der Waals surface area contributed by atoms with E-state index in [1.54, 1.807) is 20.8 Å². The molecule has 1 rings (SSSR count). The predicted molar refractivity (Wildman–Crippen MR) is 59.7 cm³/mol. The van der Waals surface area contributed by atoms with E-state index in [1.165, 1.54) is 0 Å². The number of alkyl carbamates (subject to hydrolysis) is 1. The first kappa shape index (κ1) is 14.1. The Labute approximate surface area is 105 Å². The zero-order chi connectivity index (χ0) is 13.1. The van der Waals surface area contributed by atoms with Gasteiger partial charge in [0.1, 0.15) is 5.60 Å². The van der Waals surface area contributed by atoms with Gasteiger partial charge in [-0.05, 0) is 20.8 Å². The van der Waals surface area contributed by atoms with Crippen LogP contribution in [-0.4, -0.2) is 42.5 Å². The van der Waals surface area contributed by atoms with Crippen LogP contribution < -0.4 is 5.32 Å². The van der Waals surface area contributed by atoms with E-state index in [-0.39, 0.29) is 19.3 Å². The first-order valence-electron chi connectivity index (χ1n) is 5.11. The largest absolute Gasteiger partial charge is 0.447 e. The van der Waals surface area contributed by atoms with Gasteiger partial charge in [-0.1, -0.05) is 11.6 Å². The second-order valence-electron chi connectivity index (χ2n) is 4.74. The van der Waals surface area contributed by atoms with Crippen molar-refractivity contribution < 1.29 is 23.8 Å². The van der Waals surface area contributed by atoms with Crippen LogP contribution in [0, 0.1) is 0 Å². The molecule has 0 aromatic rings. The molecule has 0 aliphatic carbocycles. The van der Waals surface area contributed by atoms with E-state index in [2.05, 4.69) is 10.1 Å². The molecule has 1 amide bonds. The van der Waals surface area contributed by atoms with E-state index >= 15 is 0 Å². The van der Waals surface area contributed by atoms with Crippen molar-refractivity contribution in [3.63, 3.8) is 0 Å². The van der Waals surface area contributed by atoms with Gasteiger partial charge in [-0.25, -0.2) is 9.59 Å².